The van der Waals surface area contributed by atoms with Gasteiger partial charge in [-0.3, -0.25) is 0 Å². The van der Waals surface area contributed by atoms with Gasteiger partial charge in [-0.2, -0.15) is 13.2 Å². The predicted molar refractivity (Wildman–Crippen MR) is 67.4 cm³/mol. The maximum absolute atomic E-state index is 12.5. The first-order valence-electron chi connectivity index (χ1n) is 5.79. The molecule has 0 radical (unpaired) electrons. The van der Waals surface area contributed by atoms with E-state index in [-0.39, 0.29) is 5.82 Å². The van der Waals surface area contributed by atoms with E-state index in [1.807, 2.05) is 0 Å². The fourth-order valence-corrected chi connectivity index (χ4v) is 1.74. The summed E-state index contributed by atoms with van der Waals surface area (Å²) in [6, 6.07) is 0.832. The number of hydrogen-bond acceptors (Lipinski definition) is 4. The summed E-state index contributed by atoms with van der Waals surface area (Å²) >= 11 is 5.47. The van der Waals surface area contributed by atoms with E-state index in [1.165, 1.54) is 0 Å². The molecule has 0 aliphatic rings. The average Bonchev–Trinajstić information content (AvgIpc) is 2.86. The molecule has 9 heteroatoms. The molecule has 0 amide bonds. The molecule has 2 N–H and O–H groups in total. The normalized spacial score (nSPS) is 11.6. The van der Waals surface area contributed by atoms with Gasteiger partial charge in [0, 0.05) is 31.4 Å². The summed E-state index contributed by atoms with van der Waals surface area (Å²) in [5.41, 5.74) is -1.06. The van der Waals surface area contributed by atoms with Gasteiger partial charge < -0.3 is 10.3 Å². The summed E-state index contributed by atoms with van der Waals surface area (Å²) in [7, 11) is 0. The molecule has 2 aromatic heterocycles. The van der Waals surface area contributed by atoms with Crippen molar-refractivity contribution < 1.29 is 13.2 Å². The van der Waals surface area contributed by atoms with Gasteiger partial charge in [0.1, 0.15) is 11.6 Å². The Balaban J connectivity index is 1.91. The quantitative estimate of drug-likeness (QED) is 0.658. The van der Waals surface area contributed by atoms with Crippen LogP contribution in [0.1, 0.15) is 17.9 Å². The number of aromatic amines is 1. The molecule has 0 saturated carbocycles. The topological polar surface area (TPSA) is 66.5 Å². The van der Waals surface area contributed by atoms with Crippen LogP contribution in [0.3, 0.4) is 0 Å². The molecule has 0 fully saturated rings. The highest BCUT2D eigenvalue weighted by Crippen LogP contribution is 2.29. The minimum atomic E-state index is -4.54. The Bertz CT molecular complexity index is 556. The van der Waals surface area contributed by atoms with Crippen molar-refractivity contribution >= 4 is 17.4 Å². The number of imidazole rings is 1. The predicted octanol–water partition coefficient (Wildman–Crippen LogP) is 2.92. The van der Waals surface area contributed by atoms with Crippen LogP contribution in [0.25, 0.3) is 0 Å². The number of halogens is 4. The van der Waals surface area contributed by atoms with Gasteiger partial charge in [-0.25, -0.2) is 15.0 Å². The Hall–Kier alpha value is -1.83. The number of aromatic nitrogens is 4. The summed E-state index contributed by atoms with van der Waals surface area (Å²) in [5, 5.41) is 2.35. The maximum Gasteiger partial charge on any atom is 0.433 e. The molecule has 0 saturated heterocycles. The molecule has 0 atom stereocenters. The minimum absolute atomic E-state index is 0.0526. The molecule has 2 aromatic rings. The van der Waals surface area contributed by atoms with Crippen molar-refractivity contribution in [2.45, 2.75) is 19.0 Å². The monoisotopic (exact) mass is 305 g/mol. The summed E-state index contributed by atoms with van der Waals surface area (Å²) in [4.78, 5) is 13.8. The molecule has 0 unspecified atom stereocenters. The zero-order valence-corrected chi connectivity index (χ0v) is 11.0. The van der Waals surface area contributed by atoms with Crippen LogP contribution in [0.2, 0.25) is 5.28 Å². The number of nitrogens with one attached hydrogen (secondary N) is 2. The zero-order chi connectivity index (χ0) is 14.6. The van der Waals surface area contributed by atoms with Crippen molar-refractivity contribution in [2.75, 3.05) is 11.9 Å². The van der Waals surface area contributed by atoms with Crippen LogP contribution in [0.4, 0.5) is 19.0 Å². The molecule has 108 valence electrons. The standard InChI is InChI=1S/C11H11ClF3N5/c12-10-19-7(11(13,14)15)6-9(20-10)16-3-1-2-8-17-4-5-18-8/h4-6H,1-3H2,(H,17,18)(H,16,19,20). The molecular formula is C11H11ClF3N5. The lowest BCUT2D eigenvalue weighted by atomic mass is 10.3. The van der Waals surface area contributed by atoms with Crippen molar-refractivity contribution in [3.63, 3.8) is 0 Å². The summed E-state index contributed by atoms with van der Waals surface area (Å²) in [5.74, 6) is 0.875. The smallest absolute Gasteiger partial charge is 0.370 e. The third-order valence-corrected chi connectivity index (χ3v) is 2.61. The van der Waals surface area contributed by atoms with Gasteiger partial charge in [0.25, 0.3) is 0 Å². The fourth-order valence-electron chi connectivity index (χ4n) is 1.56. The van der Waals surface area contributed by atoms with Gasteiger partial charge in [-0.05, 0) is 18.0 Å². The third-order valence-electron chi connectivity index (χ3n) is 2.44. The number of aryl methyl sites for hydroxylation is 1. The van der Waals surface area contributed by atoms with E-state index in [1.54, 1.807) is 12.4 Å². The second-order valence-corrected chi connectivity index (χ2v) is 4.31. The summed E-state index contributed by atoms with van der Waals surface area (Å²) in [6.07, 6.45) is 0.184. The lowest BCUT2D eigenvalue weighted by Gasteiger charge is -2.09. The molecule has 0 aromatic carbocycles. The molecule has 2 rings (SSSR count). The molecule has 5 nitrogen and oxygen atoms in total. The van der Waals surface area contributed by atoms with E-state index in [4.69, 9.17) is 11.6 Å². The zero-order valence-electron chi connectivity index (χ0n) is 10.2. The van der Waals surface area contributed by atoms with Gasteiger partial charge in [-0.1, -0.05) is 0 Å². The lowest BCUT2D eigenvalue weighted by Crippen LogP contribution is -2.12. The second kappa shape index (κ2) is 6.08. The number of rotatable bonds is 5. The first kappa shape index (κ1) is 14.6. The van der Waals surface area contributed by atoms with E-state index >= 15 is 0 Å². The van der Waals surface area contributed by atoms with Crippen molar-refractivity contribution in [3.8, 4) is 0 Å². The number of hydrogen-bond donors (Lipinski definition) is 2. The number of alkyl halides is 3. The van der Waals surface area contributed by atoms with Crippen LogP contribution in [0.5, 0.6) is 0 Å². The Morgan fingerprint density at radius 1 is 1.30 bits per heavy atom. The largest absolute Gasteiger partial charge is 0.433 e. The van der Waals surface area contributed by atoms with Gasteiger partial charge in [-0.15, -0.1) is 0 Å². The van der Waals surface area contributed by atoms with Crippen LogP contribution >= 0.6 is 11.6 Å². The number of anilines is 1. The molecule has 0 aliphatic carbocycles. The minimum Gasteiger partial charge on any atom is -0.370 e. The molecule has 0 bridgehead atoms. The highest BCUT2D eigenvalue weighted by molar-refractivity contribution is 6.28. The average molecular weight is 306 g/mol. The highest BCUT2D eigenvalue weighted by Gasteiger charge is 2.33. The van der Waals surface area contributed by atoms with Gasteiger partial charge in [0.15, 0.2) is 5.69 Å². The summed E-state index contributed by atoms with van der Waals surface area (Å²) in [6.45, 7) is 0.450. The van der Waals surface area contributed by atoms with Crippen molar-refractivity contribution in [3.05, 3.63) is 35.3 Å². The lowest BCUT2D eigenvalue weighted by molar-refractivity contribution is -0.141. The van der Waals surface area contributed by atoms with Crippen LogP contribution in [0.15, 0.2) is 18.5 Å². The van der Waals surface area contributed by atoms with E-state index < -0.39 is 17.2 Å². The van der Waals surface area contributed by atoms with Crippen LogP contribution in [0, 0.1) is 0 Å². The van der Waals surface area contributed by atoms with E-state index in [0.717, 1.165) is 11.9 Å². The number of H-pyrrole nitrogens is 1. The van der Waals surface area contributed by atoms with Crippen LogP contribution < -0.4 is 5.32 Å². The van der Waals surface area contributed by atoms with Crippen LogP contribution in [-0.4, -0.2) is 26.5 Å². The Kier molecular flexibility index (Phi) is 4.43. The van der Waals surface area contributed by atoms with Crippen molar-refractivity contribution in [2.24, 2.45) is 0 Å². The first-order chi connectivity index (χ1) is 9.45. The van der Waals surface area contributed by atoms with E-state index in [2.05, 4.69) is 25.3 Å². The van der Waals surface area contributed by atoms with Crippen molar-refractivity contribution in [1.29, 1.82) is 0 Å². The third kappa shape index (κ3) is 4.09. The molecular weight excluding hydrogens is 295 g/mol. The first-order valence-corrected chi connectivity index (χ1v) is 6.17. The highest BCUT2D eigenvalue weighted by atomic mass is 35.5. The Labute approximate surface area is 117 Å². The van der Waals surface area contributed by atoms with Crippen molar-refractivity contribution in [1.82, 2.24) is 19.9 Å². The molecule has 2 heterocycles. The molecule has 20 heavy (non-hydrogen) atoms. The second-order valence-electron chi connectivity index (χ2n) is 3.97. The maximum atomic E-state index is 12.5. The number of nitrogens with zero attached hydrogens (tertiary/aromatic N) is 3. The molecule has 0 aliphatic heterocycles. The summed E-state index contributed by atoms with van der Waals surface area (Å²) < 4.78 is 37.6. The Morgan fingerprint density at radius 3 is 2.75 bits per heavy atom. The fraction of sp³-hybridized carbons (Fsp3) is 0.364. The Morgan fingerprint density at radius 2 is 2.10 bits per heavy atom. The van der Waals surface area contributed by atoms with Gasteiger partial charge in [0.05, 0.1) is 0 Å². The van der Waals surface area contributed by atoms with Crippen LogP contribution in [-0.2, 0) is 12.6 Å². The van der Waals surface area contributed by atoms with E-state index in [0.29, 0.717) is 19.4 Å². The SMILES string of the molecule is FC(F)(F)c1cc(NCCCc2ncc[nH]2)nc(Cl)n1. The van der Waals surface area contributed by atoms with Gasteiger partial charge in [0.2, 0.25) is 5.28 Å². The van der Waals surface area contributed by atoms with E-state index in [9.17, 15) is 13.2 Å². The molecule has 0 spiro atoms. The van der Waals surface area contributed by atoms with Gasteiger partial charge >= 0.3 is 6.18 Å².